The summed E-state index contributed by atoms with van der Waals surface area (Å²) in [6.07, 6.45) is -1.03. The molecule has 24 heavy (non-hydrogen) atoms. The molecule has 0 bridgehead atoms. The first-order valence-electron chi connectivity index (χ1n) is 7.11. The Labute approximate surface area is 138 Å². The van der Waals surface area contributed by atoms with Crippen LogP contribution in [0, 0.1) is 6.92 Å². The number of anilines is 1. The van der Waals surface area contributed by atoms with Gasteiger partial charge in [0.15, 0.2) is 11.9 Å². The summed E-state index contributed by atoms with van der Waals surface area (Å²) in [6, 6.07) is 6.21. The summed E-state index contributed by atoms with van der Waals surface area (Å²) in [4.78, 5) is 24.3. The highest BCUT2D eigenvalue weighted by atomic mass is 16.5. The highest BCUT2D eigenvalue weighted by Gasteiger charge is 2.22. The molecule has 1 N–H and O–H groups in total. The largest absolute Gasteiger partial charge is 0.497 e. The lowest BCUT2D eigenvalue weighted by molar-refractivity contribution is -0.123. The third-order valence-corrected chi connectivity index (χ3v) is 3.16. The Bertz CT molecular complexity index is 740. The molecule has 0 radical (unpaired) electrons. The van der Waals surface area contributed by atoms with E-state index in [4.69, 9.17) is 18.7 Å². The maximum Gasteiger partial charge on any atom is 0.342 e. The van der Waals surface area contributed by atoms with Gasteiger partial charge in [0.05, 0.1) is 14.2 Å². The second-order valence-electron chi connectivity index (χ2n) is 4.93. The van der Waals surface area contributed by atoms with Crippen LogP contribution >= 0.6 is 0 Å². The number of carbonyl (C=O) groups excluding carboxylic acids is 2. The van der Waals surface area contributed by atoms with Gasteiger partial charge < -0.3 is 24.1 Å². The van der Waals surface area contributed by atoms with E-state index in [0.29, 0.717) is 17.3 Å². The molecule has 1 aromatic carbocycles. The van der Waals surface area contributed by atoms with Crippen LogP contribution < -0.4 is 14.8 Å². The first kappa shape index (κ1) is 17.3. The van der Waals surface area contributed by atoms with E-state index in [2.05, 4.69) is 10.5 Å². The van der Waals surface area contributed by atoms with Gasteiger partial charge in [0.1, 0.15) is 22.8 Å². The van der Waals surface area contributed by atoms with E-state index in [-0.39, 0.29) is 11.4 Å². The van der Waals surface area contributed by atoms with Gasteiger partial charge >= 0.3 is 5.97 Å². The zero-order valence-electron chi connectivity index (χ0n) is 13.8. The molecule has 0 saturated carbocycles. The van der Waals surface area contributed by atoms with E-state index >= 15 is 0 Å². The number of nitrogens with zero attached hydrogens (tertiary/aromatic N) is 1. The Morgan fingerprint density at radius 1 is 1.21 bits per heavy atom. The first-order chi connectivity index (χ1) is 11.4. The predicted molar refractivity (Wildman–Crippen MR) is 84.3 cm³/mol. The van der Waals surface area contributed by atoms with Crippen molar-refractivity contribution in [3.63, 3.8) is 0 Å². The highest BCUT2D eigenvalue weighted by Crippen LogP contribution is 2.25. The van der Waals surface area contributed by atoms with Crippen molar-refractivity contribution >= 4 is 17.7 Å². The molecule has 1 heterocycles. The van der Waals surface area contributed by atoms with Gasteiger partial charge in [-0.15, -0.1) is 0 Å². The van der Waals surface area contributed by atoms with Crippen molar-refractivity contribution in [3.8, 4) is 11.5 Å². The summed E-state index contributed by atoms with van der Waals surface area (Å²) < 4.78 is 20.2. The van der Waals surface area contributed by atoms with Crippen molar-refractivity contribution in [3.05, 3.63) is 35.6 Å². The minimum Gasteiger partial charge on any atom is -0.497 e. The lowest BCUT2D eigenvalue weighted by Crippen LogP contribution is -2.30. The quantitative estimate of drug-likeness (QED) is 0.808. The zero-order valence-corrected chi connectivity index (χ0v) is 13.8. The average Bonchev–Trinajstić information content (AvgIpc) is 2.98. The third kappa shape index (κ3) is 4.03. The van der Waals surface area contributed by atoms with E-state index in [0.717, 1.165) is 0 Å². The number of ether oxygens (including phenoxy) is 3. The van der Waals surface area contributed by atoms with Gasteiger partial charge in [0, 0.05) is 12.1 Å². The van der Waals surface area contributed by atoms with E-state index in [1.165, 1.54) is 27.2 Å². The van der Waals surface area contributed by atoms with Crippen molar-refractivity contribution in [1.29, 1.82) is 0 Å². The lowest BCUT2D eigenvalue weighted by atomic mass is 10.2. The number of aryl methyl sites for hydroxylation is 1. The summed E-state index contributed by atoms with van der Waals surface area (Å²) in [5.41, 5.74) is 0.190. The number of carbonyl (C=O) groups is 2. The van der Waals surface area contributed by atoms with E-state index in [9.17, 15) is 9.59 Å². The van der Waals surface area contributed by atoms with Crippen molar-refractivity contribution in [1.82, 2.24) is 5.16 Å². The normalized spacial score (nSPS) is 11.5. The molecular weight excluding hydrogens is 316 g/mol. The minimum atomic E-state index is -1.03. The fourth-order valence-electron chi connectivity index (χ4n) is 1.90. The second-order valence-corrected chi connectivity index (χ2v) is 4.93. The molecule has 0 unspecified atom stereocenters. The maximum absolute atomic E-state index is 12.2. The number of hydrogen-bond acceptors (Lipinski definition) is 7. The number of benzene rings is 1. The van der Waals surface area contributed by atoms with Crippen molar-refractivity contribution in [2.24, 2.45) is 0 Å². The van der Waals surface area contributed by atoms with E-state index in [1.54, 1.807) is 25.1 Å². The molecule has 0 aliphatic heterocycles. The summed E-state index contributed by atoms with van der Waals surface area (Å²) in [6.45, 7) is 3.15. The molecule has 128 valence electrons. The van der Waals surface area contributed by atoms with Gasteiger partial charge in [0.25, 0.3) is 5.91 Å². The maximum atomic E-state index is 12.2. The van der Waals surface area contributed by atoms with Crippen LogP contribution in [-0.2, 0) is 9.53 Å². The molecule has 2 rings (SSSR count). The molecule has 0 saturated heterocycles. The molecule has 1 aromatic heterocycles. The van der Waals surface area contributed by atoms with Crippen LogP contribution in [0.15, 0.2) is 28.8 Å². The molecule has 0 spiro atoms. The summed E-state index contributed by atoms with van der Waals surface area (Å²) in [5, 5.41) is 6.13. The van der Waals surface area contributed by atoms with Crippen LogP contribution in [0.3, 0.4) is 0 Å². The van der Waals surface area contributed by atoms with Gasteiger partial charge in [0.2, 0.25) is 0 Å². The van der Waals surface area contributed by atoms with Crippen molar-refractivity contribution < 1.29 is 28.3 Å². The Kier molecular flexibility index (Phi) is 5.41. The van der Waals surface area contributed by atoms with Crippen LogP contribution in [0.5, 0.6) is 11.5 Å². The first-order valence-corrected chi connectivity index (χ1v) is 7.11. The van der Waals surface area contributed by atoms with Crippen LogP contribution in [0.4, 0.5) is 5.82 Å². The van der Waals surface area contributed by atoms with E-state index < -0.39 is 18.0 Å². The molecule has 1 atom stereocenters. The zero-order chi connectivity index (χ0) is 17.7. The number of aromatic nitrogens is 1. The molecule has 0 aliphatic rings. The smallest absolute Gasteiger partial charge is 0.342 e. The van der Waals surface area contributed by atoms with Gasteiger partial charge in [-0.3, -0.25) is 4.79 Å². The molecule has 0 aliphatic carbocycles. The van der Waals surface area contributed by atoms with Crippen LogP contribution in [0.1, 0.15) is 23.0 Å². The Hall–Kier alpha value is -3.03. The van der Waals surface area contributed by atoms with Gasteiger partial charge in [-0.25, -0.2) is 4.79 Å². The third-order valence-electron chi connectivity index (χ3n) is 3.16. The van der Waals surface area contributed by atoms with Crippen LogP contribution in [-0.4, -0.2) is 37.4 Å². The summed E-state index contributed by atoms with van der Waals surface area (Å²) in [5.74, 6) is 0.424. The standard InChI is InChI=1S/C16H18N2O6/c1-9-7-14(18-24-9)17-15(19)10(2)23-16(20)12-6-5-11(21-3)8-13(12)22-4/h5-8,10H,1-4H3,(H,17,18,19)/t10-/m0/s1. The summed E-state index contributed by atoms with van der Waals surface area (Å²) >= 11 is 0. The number of hydrogen-bond donors (Lipinski definition) is 1. The highest BCUT2D eigenvalue weighted by molar-refractivity contribution is 5.98. The topological polar surface area (TPSA) is 99.9 Å². The number of nitrogens with one attached hydrogen (secondary N) is 1. The molecule has 2 aromatic rings. The molecule has 0 fully saturated rings. The Morgan fingerprint density at radius 2 is 1.96 bits per heavy atom. The van der Waals surface area contributed by atoms with Gasteiger partial charge in [-0.1, -0.05) is 5.16 Å². The molecular formula is C16H18N2O6. The van der Waals surface area contributed by atoms with Crippen molar-refractivity contribution in [2.45, 2.75) is 20.0 Å². The van der Waals surface area contributed by atoms with Gasteiger partial charge in [-0.05, 0) is 26.0 Å². The number of rotatable bonds is 6. The Morgan fingerprint density at radius 3 is 2.54 bits per heavy atom. The summed E-state index contributed by atoms with van der Waals surface area (Å²) in [7, 11) is 2.93. The predicted octanol–water partition coefficient (Wildman–Crippen LogP) is 2.18. The van der Waals surface area contributed by atoms with Crippen LogP contribution in [0.2, 0.25) is 0 Å². The van der Waals surface area contributed by atoms with Crippen molar-refractivity contribution in [2.75, 3.05) is 19.5 Å². The van der Waals surface area contributed by atoms with Crippen LogP contribution in [0.25, 0.3) is 0 Å². The number of methoxy groups -OCH3 is 2. The SMILES string of the molecule is COc1ccc(C(=O)O[C@@H](C)C(=O)Nc2cc(C)on2)c(OC)c1. The molecule has 8 heteroatoms. The second kappa shape index (κ2) is 7.49. The van der Waals surface area contributed by atoms with Gasteiger partial charge in [-0.2, -0.15) is 0 Å². The monoisotopic (exact) mass is 334 g/mol. The fraction of sp³-hybridized carbons (Fsp3) is 0.312. The van der Waals surface area contributed by atoms with E-state index in [1.807, 2.05) is 0 Å². The number of esters is 1. The number of amides is 1. The minimum absolute atomic E-state index is 0.190. The lowest BCUT2D eigenvalue weighted by Gasteiger charge is -2.14. The Balaban J connectivity index is 2.04. The fourth-order valence-corrected chi connectivity index (χ4v) is 1.90. The molecule has 1 amide bonds. The molecule has 8 nitrogen and oxygen atoms in total. The average molecular weight is 334 g/mol.